The van der Waals surface area contributed by atoms with E-state index in [0.717, 1.165) is 36.3 Å². The zero-order valence-electron chi connectivity index (χ0n) is 17.3. The number of hydrogen-bond acceptors (Lipinski definition) is 4. The number of aromatic nitrogens is 1. The fourth-order valence-electron chi connectivity index (χ4n) is 2.48. The smallest absolute Gasteiger partial charge is 0.216 e. The molecule has 0 amide bonds. The minimum atomic E-state index is 0.106. The predicted molar refractivity (Wildman–Crippen MR) is 109 cm³/mol. The number of ether oxygens (including phenoxy) is 1. The predicted octanol–water partition coefficient (Wildman–Crippen LogP) is 4.14. The normalized spacial score (nSPS) is 12.9. The van der Waals surface area contributed by atoms with E-state index in [4.69, 9.17) is 9.15 Å². The highest BCUT2D eigenvalue weighted by molar-refractivity contribution is 5.80. The number of rotatable bonds is 8. The molecule has 1 unspecified atom stereocenters. The van der Waals surface area contributed by atoms with Gasteiger partial charge < -0.3 is 19.8 Å². The van der Waals surface area contributed by atoms with E-state index in [1.54, 1.807) is 0 Å². The number of hydrogen-bond donors (Lipinski definition) is 2. The van der Waals surface area contributed by atoms with Crippen molar-refractivity contribution in [2.24, 2.45) is 10.9 Å². The van der Waals surface area contributed by atoms with Crippen LogP contribution in [0.25, 0.3) is 0 Å². The van der Waals surface area contributed by atoms with Gasteiger partial charge in [-0.25, -0.2) is 9.98 Å². The van der Waals surface area contributed by atoms with Gasteiger partial charge in [-0.15, -0.1) is 0 Å². The van der Waals surface area contributed by atoms with E-state index in [1.807, 2.05) is 32.9 Å². The molecule has 0 saturated heterocycles. The Bertz CT molecular complexity index is 716. The summed E-state index contributed by atoms with van der Waals surface area (Å²) in [5.41, 5.74) is 2.08. The molecular weight excluding hydrogens is 340 g/mol. The lowest BCUT2D eigenvalue weighted by atomic mass is 10.1. The van der Waals surface area contributed by atoms with E-state index in [0.29, 0.717) is 18.4 Å². The van der Waals surface area contributed by atoms with Gasteiger partial charge in [0.15, 0.2) is 5.96 Å². The van der Waals surface area contributed by atoms with Crippen LogP contribution >= 0.6 is 0 Å². The summed E-state index contributed by atoms with van der Waals surface area (Å²) in [4.78, 5) is 8.96. The van der Waals surface area contributed by atoms with Crippen LogP contribution in [0.4, 0.5) is 0 Å². The molecule has 0 fully saturated rings. The molecule has 0 aliphatic rings. The van der Waals surface area contributed by atoms with Crippen molar-refractivity contribution in [1.82, 2.24) is 15.6 Å². The highest BCUT2D eigenvalue weighted by atomic mass is 16.5. The monoisotopic (exact) mass is 372 g/mol. The molecule has 1 aromatic heterocycles. The lowest BCUT2D eigenvalue weighted by Crippen LogP contribution is -2.38. The van der Waals surface area contributed by atoms with Crippen LogP contribution in [-0.2, 0) is 6.54 Å². The van der Waals surface area contributed by atoms with Crippen molar-refractivity contribution in [3.8, 4) is 5.75 Å². The molecule has 148 valence electrons. The van der Waals surface area contributed by atoms with Gasteiger partial charge in [0.1, 0.15) is 18.1 Å². The molecule has 0 saturated carbocycles. The minimum absolute atomic E-state index is 0.106. The molecule has 0 aliphatic heterocycles. The summed E-state index contributed by atoms with van der Waals surface area (Å²) in [7, 11) is 0. The second-order valence-corrected chi connectivity index (χ2v) is 7.08. The first-order valence-corrected chi connectivity index (χ1v) is 9.59. The van der Waals surface area contributed by atoms with Crippen LogP contribution in [0.5, 0.6) is 5.75 Å². The van der Waals surface area contributed by atoms with E-state index >= 15 is 0 Å². The molecule has 1 atom stereocenters. The van der Waals surface area contributed by atoms with Crippen molar-refractivity contribution >= 4 is 5.96 Å². The van der Waals surface area contributed by atoms with Crippen LogP contribution in [-0.4, -0.2) is 24.1 Å². The summed E-state index contributed by atoms with van der Waals surface area (Å²) in [6, 6.07) is 8.29. The van der Waals surface area contributed by atoms with Crippen LogP contribution in [0.3, 0.4) is 0 Å². The Morgan fingerprint density at radius 2 is 1.89 bits per heavy atom. The third-order valence-corrected chi connectivity index (χ3v) is 4.11. The molecule has 6 nitrogen and oxygen atoms in total. The summed E-state index contributed by atoms with van der Waals surface area (Å²) in [5, 5.41) is 6.69. The van der Waals surface area contributed by atoms with Crippen molar-refractivity contribution in [2.75, 3.05) is 13.2 Å². The van der Waals surface area contributed by atoms with Gasteiger partial charge in [0.05, 0.1) is 18.3 Å². The number of aliphatic imine (C=N–C) groups is 1. The number of oxazole rings is 1. The standard InChI is InChI=1S/C21H32N4O2/c1-7-22-21(23-12-20-24-15(4)17(6)27-20)25-16(5)18-8-10-19(11-9-18)26-13-14(2)3/h8-11,14,16H,7,12-13H2,1-6H3,(H2,22,23,25). The van der Waals surface area contributed by atoms with Gasteiger partial charge in [0.2, 0.25) is 5.89 Å². The van der Waals surface area contributed by atoms with Crippen molar-refractivity contribution in [3.05, 3.63) is 47.2 Å². The first kappa shape index (κ1) is 20.8. The summed E-state index contributed by atoms with van der Waals surface area (Å²) in [6.45, 7) is 14.2. The maximum absolute atomic E-state index is 5.75. The summed E-state index contributed by atoms with van der Waals surface area (Å²) < 4.78 is 11.3. The fraction of sp³-hybridized carbons (Fsp3) is 0.524. The lowest BCUT2D eigenvalue weighted by Gasteiger charge is -2.18. The Kier molecular flexibility index (Phi) is 7.70. The fourth-order valence-corrected chi connectivity index (χ4v) is 2.48. The van der Waals surface area contributed by atoms with Gasteiger partial charge in [-0.2, -0.15) is 0 Å². The summed E-state index contributed by atoms with van der Waals surface area (Å²) in [6.07, 6.45) is 0. The maximum Gasteiger partial charge on any atom is 0.216 e. The molecule has 1 aromatic carbocycles. The largest absolute Gasteiger partial charge is 0.493 e. The van der Waals surface area contributed by atoms with E-state index in [9.17, 15) is 0 Å². The SMILES string of the molecule is CCNC(=NCc1nc(C)c(C)o1)NC(C)c1ccc(OCC(C)C)cc1. The maximum atomic E-state index is 5.75. The Balaban J connectivity index is 1.98. The van der Waals surface area contributed by atoms with Gasteiger partial charge >= 0.3 is 0 Å². The molecule has 0 radical (unpaired) electrons. The Hall–Kier alpha value is -2.50. The molecule has 6 heteroatoms. The van der Waals surface area contributed by atoms with Crippen LogP contribution in [0, 0.1) is 19.8 Å². The quantitative estimate of drug-likeness (QED) is 0.538. The Labute approximate surface area is 162 Å². The van der Waals surface area contributed by atoms with Gasteiger partial charge in [-0.05, 0) is 51.3 Å². The second kappa shape index (κ2) is 10.00. The van der Waals surface area contributed by atoms with Crippen molar-refractivity contribution < 1.29 is 9.15 Å². The highest BCUT2D eigenvalue weighted by Gasteiger charge is 2.10. The van der Waals surface area contributed by atoms with Crippen molar-refractivity contribution in [2.45, 2.75) is 54.1 Å². The average molecular weight is 373 g/mol. The molecule has 27 heavy (non-hydrogen) atoms. The van der Waals surface area contributed by atoms with Gasteiger partial charge in [0.25, 0.3) is 0 Å². The first-order chi connectivity index (χ1) is 12.9. The lowest BCUT2D eigenvalue weighted by molar-refractivity contribution is 0.271. The Morgan fingerprint density at radius 3 is 2.44 bits per heavy atom. The molecule has 2 N–H and O–H groups in total. The van der Waals surface area contributed by atoms with Crippen LogP contribution in [0.2, 0.25) is 0 Å². The van der Waals surface area contributed by atoms with E-state index < -0.39 is 0 Å². The van der Waals surface area contributed by atoms with Crippen LogP contribution in [0.1, 0.15) is 56.6 Å². The number of nitrogens with zero attached hydrogens (tertiary/aromatic N) is 2. The highest BCUT2D eigenvalue weighted by Crippen LogP contribution is 2.18. The van der Waals surface area contributed by atoms with Crippen LogP contribution in [0.15, 0.2) is 33.7 Å². The zero-order chi connectivity index (χ0) is 19.8. The van der Waals surface area contributed by atoms with Gasteiger partial charge in [-0.3, -0.25) is 0 Å². The molecule has 0 aliphatic carbocycles. The third kappa shape index (κ3) is 6.62. The number of guanidine groups is 1. The molecule has 2 aromatic rings. The first-order valence-electron chi connectivity index (χ1n) is 9.59. The molecule has 0 bridgehead atoms. The number of aryl methyl sites for hydroxylation is 2. The minimum Gasteiger partial charge on any atom is -0.493 e. The van der Waals surface area contributed by atoms with Gasteiger partial charge in [-0.1, -0.05) is 26.0 Å². The number of nitrogens with one attached hydrogen (secondary N) is 2. The van der Waals surface area contributed by atoms with E-state index in [2.05, 4.69) is 53.5 Å². The average Bonchev–Trinajstić information content (AvgIpc) is 2.96. The van der Waals surface area contributed by atoms with Crippen molar-refractivity contribution in [1.29, 1.82) is 0 Å². The summed E-state index contributed by atoms with van der Waals surface area (Å²) in [5.74, 6) is 3.61. The number of benzene rings is 1. The van der Waals surface area contributed by atoms with E-state index in [1.165, 1.54) is 5.56 Å². The summed E-state index contributed by atoms with van der Waals surface area (Å²) >= 11 is 0. The van der Waals surface area contributed by atoms with Crippen LogP contribution < -0.4 is 15.4 Å². The van der Waals surface area contributed by atoms with Crippen molar-refractivity contribution in [3.63, 3.8) is 0 Å². The molecular formula is C21H32N4O2. The molecule has 1 heterocycles. The second-order valence-electron chi connectivity index (χ2n) is 7.08. The van der Waals surface area contributed by atoms with Gasteiger partial charge in [0, 0.05) is 6.54 Å². The molecule has 2 rings (SSSR count). The third-order valence-electron chi connectivity index (χ3n) is 4.11. The molecule has 0 spiro atoms. The zero-order valence-corrected chi connectivity index (χ0v) is 17.3. The Morgan fingerprint density at radius 1 is 1.19 bits per heavy atom. The topological polar surface area (TPSA) is 71.7 Å². The van der Waals surface area contributed by atoms with E-state index in [-0.39, 0.29) is 6.04 Å².